The molecule has 0 aromatic heterocycles. The van der Waals surface area contributed by atoms with Crippen molar-refractivity contribution < 1.29 is 9.53 Å². The molecule has 0 radical (unpaired) electrons. The van der Waals surface area contributed by atoms with Gasteiger partial charge in [-0.15, -0.1) is 0 Å². The van der Waals surface area contributed by atoms with Crippen molar-refractivity contribution in [1.82, 2.24) is 0 Å². The lowest BCUT2D eigenvalue weighted by Gasteiger charge is -2.10. The van der Waals surface area contributed by atoms with E-state index in [0.717, 1.165) is 11.1 Å². The van der Waals surface area contributed by atoms with Crippen molar-refractivity contribution in [2.24, 2.45) is 0 Å². The maximum Gasteiger partial charge on any atom is 0.266 e. The molecule has 1 N–H and O–H groups in total. The molecule has 0 unspecified atom stereocenters. The molecule has 0 spiro atoms. The number of nitriles is 1. The Bertz CT molecular complexity index is 1190. The van der Waals surface area contributed by atoms with Crippen LogP contribution in [0.1, 0.15) is 27.8 Å². The van der Waals surface area contributed by atoms with E-state index in [1.54, 1.807) is 24.3 Å². The van der Waals surface area contributed by atoms with Crippen molar-refractivity contribution in [3.8, 4) is 11.8 Å². The van der Waals surface area contributed by atoms with Gasteiger partial charge in [0.1, 0.15) is 24.0 Å². The number of rotatable bonds is 6. The standard InChI is InChI=1S/C26H23ClN2O2/c1-17-5-4-6-23(11-17)29-26(30)22(15-28)13-20-9-10-25(24(27)14-20)31-16-21-8-7-18(2)19(3)12-21/h4-14H,16H2,1-3H3,(H,29,30)/b22-13+. The van der Waals surface area contributed by atoms with Crippen molar-refractivity contribution in [2.45, 2.75) is 27.4 Å². The molecule has 0 aliphatic rings. The number of hydrogen-bond acceptors (Lipinski definition) is 3. The van der Waals surface area contributed by atoms with Crippen LogP contribution in [-0.2, 0) is 11.4 Å². The second-order valence-electron chi connectivity index (χ2n) is 7.39. The third kappa shape index (κ3) is 5.97. The third-order valence-electron chi connectivity index (χ3n) is 4.87. The summed E-state index contributed by atoms with van der Waals surface area (Å²) < 4.78 is 5.84. The van der Waals surface area contributed by atoms with E-state index < -0.39 is 5.91 Å². The molecule has 0 saturated carbocycles. The lowest BCUT2D eigenvalue weighted by atomic mass is 10.1. The van der Waals surface area contributed by atoms with Gasteiger partial charge >= 0.3 is 0 Å². The Labute approximate surface area is 187 Å². The first-order valence-electron chi connectivity index (χ1n) is 9.84. The van der Waals surface area contributed by atoms with Crippen molar-refractivity contribution in [1.29, 1.82) is 5.26 Å². The van der Waals surface area contributed by atoms with Gasteiger partial charge in [-0.1, -0.05) is 48.0 Å². The van der Waals surface area contributed by atoms with Crippen LogP contribution in [0.15, 0.2) is 66.2 Å². The minimum Gasteiger partial charge on any atom is -0.487 e. The zero-order chi connectivity index (χ0) is 22.4. The summed E-state index contributed by atoms with van der Waals surface area (Å²) in [4.78, 5) is 12.5. The summed E-state index contributed by atoms with van der Waals surface area (Å²) in [6, 6.07) is 20.7. The van der Waals surface area contributed by atoms with Gasteiger partial charge in [-0.3, -0.25) is 4.79 Å². The Balaban J connectivity index is 1.71. The van der Waals surface area contributed by atoms with E-state index in [-0.39, 0.29) is 5.57 Å². The molecule has 0 aliphatic carbocycles. The highest BCUT2D eigenvalue weighted by Crippen LogP contribution is 2.27. The SMILES string of the molecule is Cc1cccc(NC(=O)/C(C#N)=C/c2ccc(OCc3ccc(C)c(C)c3)c(Cl)c2)c1. The first-order chi connectivity index (χ1) is 14.9. The van der Waals surface area contributed by atoms with Crippen LogP contribution in [0.3, 0.4) is 0 Å². The second kappa shape index (κ2) is 9.97. The zero-order valence-electron chi connectivity index (χ0n) is 17.7. The van der Waals surface area contributed by atoms with Crippen molar-refractivity contribution in [3.05, 3.63) is 99.1 Å². The molecule has 0 fully saturated rings. The van der Waals surface area contributed by atoms with E-state index in [1.807, 2.05) is 37.3 Å². The van der Waals surface area contributed by atoms with Crippen LogP contribution in [0, 0.1) is 32.1 Å². The predicted octanol–water partition coefficient (Wildman–Crippen LogP) is 6.39. The van der Waals surface area contributed by atoms with Crippen LogP contribution < -0.4 is 10.1 Å². The molecule has 31 heavy (non-hydrogen) atoms. The number of nitrogens with one attached hydrogen (secondary N) is 1. The molecule has 1 amide bonds. The van der Waals surface area contributed by atoms with Gasteiger partial charge in [-0.2, -0.15) is 5.26 Å². The molecule has 4 nitrogen and oxygen atoms in total. The molecular weight excluding hydrogens is 408 g/mol. The molecule has 3 aromatic rings. The summed E-state index contributed by atoms with van der Waals surface area (Å²) in [6.45, 7) is 6.47. The van der Waals surface area contributed by atoms with Gasteiger partial charge in [-0.25, -0.2) is 0 Å². The van der Waals surface area contributed by atoms with Gasteiger partial charge in [0.2, 0.25) is 0 Å². The lowest BCUT2D eigenvalue weighted by molar-refractivity contribution is -0.112. The lowest BCUT2D eigenvalue weighted by Crippen LogP contribution is -2.13. The van der Waals surface area contributed by atoms with Gasteiger partial charge in [0.25, 0.3) is 5.91 Å². The summed E-state index contributed by atoms with van der Waals surface area (Å²) in [5, 5.41) is 12.6. The number of aryl methyl sites for hydroxylation is 3. The topological polar surface area (TPSA) is 62.1 Å². The Morgan fingerprint density at radius 3 is 2.55 bits per heavy atom. The molecule has 0 saturated heterocycles. The van der Waals surface area contributed by atoms with Crippen molar-refractivity contribution >= 4 is 29.3 Å². The average Bonchev–Trinajstić information content (AvgIpc) is 2.73. The summed E-state index contributed by atoms with van der Waals surface area (Å²) in [6.07, 6.45) is 1.50. The highest BCUT2D eigenvalue weighted by atomic mass is 35.5. The number of nitrogens with zero attached hydrogens (tertiary/aromatic N) is 1. The van der Waals surface area contributed by atoms with Gasteiger partial charge in [0.05, 0.1) is 5.02 Å². The Hall–Kier alpha value is -3.55. The smallest absolute Gasteiger partial charge is 0.266 e. The molecular formula is C26H23ClN2O2. The van der Waals surface area contributed by atoms with E-state index in [9.17, 15) is 10.1 Å². The van der Waals surface area contributed by atoms with Crippen LogP contribution in [0.2, 0.25) is 5.02 Å². The Kier molecular flexibility index (Phi) is 7.12. The van der Waals surface area contributed by atoms with Gasteiger partial charge in [-0.05, 0) is 78.9 Å². The van der Waals surface area contributed by atoms with Crippen LogP contribution in [-0.4, -0.2) is 5.91 Å². The van der Waals surface area contributed by atoms with E-state index in [2.05, 4.69) is 31.3 Å². The van der Waals surface area contributed by atoms with Crippen LogP contribution in [0.4, 0.5) is 5.69 Å². The third-order valence-corrected chi connectivity index (χ3v) is 5.17. The Morgan fingerprint density at radius 2 is 1.87 bits per heavy atom. The van der Waals surface area contributed by atoms with Crippen molar-refractivity contribution in [3.63, 3.8) is 0 Å². The molecule has 3 rings (SSSR count). The number of amides is 1. The number of halogens is 1. The first kappa shape index (κ1) is 22.1. The molecule has 0 aliphatic heterocycles. The molecule has 5 heteroatoms. The monoisotopic (exact) mass is 430 g/mol. The molecule has 0 heterocycles. The number of hydrogen-bond donors (Lipinski definition) is 1. The fourth-order valence-corrected chi connectivity index (χ4v) is 3.26. The van der Waals surface area contributed by atoms with Gasteiger partial charge in [0, 0.05) is 5.69 Å². The summed E-state index contributed by atoms with van der Waals surface area (Å²) >= 11 is 6.37. The van der Waals surface area contributed by atoms with Gasteiger partial charge < -0.3 is 10.1 Å². The highest BCUT2D eigenvalue weighted by Gasteiger charge is 2.11. The zero-order valence-corrected chi connectivity index (χ0v) is 18.5. The number of ether oxygens (including phenoxy) is 1. The van der Waals surface area contributed by atoms with Crippen LogP contribution >= 0.6 is 11.6 Å². The van der Waals surface area contributed by atoms with Crippen molar-refractivity contribution in [2.75, 3.05) is 5.32 Å². The largest absolute Gasteiger partial charge is 0.487 e. The minimum atomic E-state index is -0.473. The number of carbonyl (C=O) groups is 1. The molecule has 0 bridgehead atoms. The summed E-state index contributed by atoms with van der Waals surface area (Å²) in [5.41, 5.74) is 5.78. The summed E-state index contributed by atoms with van der Waals surface area (Å²) in [5.74, 6) is 0.0686. The molecule has 156 valence electrons. The fourth-order valence-electron chi connectivity index (χ4n) is 3.01. The minimum absolute atomic E-state index is 0.0126. The number of carbonyl (C=O) groups excluding carboxylic acids is 1. The van der Waals surface area contributed by atoms with Crippen LogP contribution in [0.25, 0.3) is 6.08 Å². The maximum atomic E-state index is 12.5. The average molecular weight is 431 g/mol. The molecule has 3 aromatic carbocycles. The van der Waals surface area contributed by atoms with E-state index in [4.69, 9.17) is 16.3 Å². The van der Waals surface area contributed by atoms with E-state index >= 15 is 0 Å². The number of benzene rings is 3. The fraction of sp³-hybridized carbons (Fsp3) is 0.154. The predicted molar refractivity (Wildman–Crippen MR) is 125 cm³/mol. The quantitative estimate of drug-likeness (QED) is 0.364. The van der Waals surface area contributed by atoms with E-state index in [1.165, 1.54) is 17.2 Å². The van der Waals surface area contributed by atoms with E-state index in [0.29, 0.717) is 28.6 Å². The normalized spacial score (nSPS) is 11.0. The second-order valence-corrected chi connectivity index (χ2v) is 7.80. The molecule has 0 atom stereocenters. The maximum absolute atomic E-state index is 12.5. The Morgan fingerprint density at radius 1 is 1.06 bits per heavy atom. The highest BCUT2D eigenvalue weighted by molar-refractivity contribution is 6.32. The van der Waals surface area contributed by atoms with Gasteiger partial charge in [0.15, 0.2) is 0 Å². The first-order valence-corrected chi connectivity index (χ1v) is 10.2. The van der Waals surface area contributed by atoms with Crippen LogP contribution in [0.5, 0.6) is 5.75 Å². The number of anilines is 1. The summed E-state index contributed by atoms with van der Waals surface area (Å²) in [7, 11) is 0.